The molecule has 1 aromatic carbocycles. The summed E-state index contributed by atoms with van der Waals surface area (Å²) in [5.41, 5.74) is -1.42. The Labute approximate surface area is 120 Å². The Kier molecular flexibility index (Phi) is 4.39. The van der Waals surface area contributed by atoms with Crippen LogP contribution in [0, 0.1) is 44.7 Å². The highest BCUT2D eigenvalue weighted by molar-refractivity contribution is 5.52. The third-order valence-electron chi connectivity index (χ3n) is 4.24. The minimum Gasteiger partial charge on any atom is -0.371 e. The third-order valence-corrected chi connectivity index (χ3v) is 4.24. The molecule has 1 N–H and O–H groups in total. The summed E-state index contributed by atoms with van der Waals surface area (Å²) in [4.78, 5) is 9.50. The van der Waals surface area contributed by atoms with Gasteiger partial charge in [-0.2, -0.15) is 13.2 Å². The number of halogens is 3. The fourth-order valence-electron chi connectivity index (χ4n) is 2.62. The molecule has 0 saturated heterocycles. The minimum absolute atomic E-state index is 0.234. The molecule has 0 aliphatic rings. The molecule has 118 valence electrons. The number of hydrogen-bond donors (Lipinski definition) is 1. The Balaban J connectivity index is 3.80. The van der Waals surface area contributed by atoms with E-state index in [1.54, 1.807) is 20.8 Å². The molecule has 7 heteroatoms. The van der Waals surface area contributed by atoms with E-state index in [1.165, 1.54) is 13.8 Å². The van der Waals surface area contributed by atoms with Crippen molar-refractivity contribution in [2.75, 3.05) is 6.54 Å². The molecule has 0 saturated carbocycles. The summed E-state index contributed by atoms with van der Waals surface area (Å²) in [5.74, 6) is 0. The fourth-order valence-corrected chi connectivity index (χ4v) is 2.62. The second kappa shape index (κ2) is 5.29. The second-order valence-corrected chi connectivity index (χ2v) is 5.35. The van der Waals surface area contributed by atoms with E-state index in [9.17, 15) is 28.4 Å². The van der Waals surface area contributed by atoms with Crippen molar-refractivity contribution in [3.8, 4) is 0 Å². The lowest BCUT2D eigenvalue weighted by Crippen LogP contribution is -2.49. The van der Waals surface area contributed by atoms with E-state index < -0.39 is 28.8 Å². The zero-order valence-electron chi connectivity index (χ0n) is 12.6. The lowest BCUT2D eigenvalue weighted by Gasteiger charge is -2.32. The topological polar surface area (TPSA) is 63.4 Å². The van der Waals surface area contributed by atoms with Crippen LogP contribution in [0.4, 0.5) is 13.2 Å². The average Bonchev–Trinajstić information content (AvgIpc) is 2.32. The SMILES string of the molecule is Cc1c(C)c(C)c(C(O)(C[N+](=O)[O-])C(F)(F)F)c(C)c1C. The quantitative estimate of drug-likeness (QED) is 0.688. The minimum atomic E-state index is -5.14. The van der Waals surface area contributed by atoms with Gasteiger partial charge in [0.1, 0.15) is 0 Å². The summed E-state index contributed by atoms with van der Waals surface area (Å²) in [7, 11) is 0. The first-order valence-corrected chi connectivity index (χ1v) is 6.33. The van der Waals surface area contributed by atoms with Crippen molar-refractivity contribution < 1.29 is 23.2 Å². The molecule has 0 spiro atoms. The van der Waals surface area contributed by atoms with Gasteiger partial charge in [0, 0.05) is 10.5 Å². The van der Waals surface area contributed by atoms with Crippen LogP contribution in [0.1, 0.15) is 33.4 Å². The zero-order valence-corrected chi connectivity index (χ0v) is 12.6. The maximum absolute atomic E-state index is 13.3. The maximum Gasteiger partial charge on any atom is 0.428 e. The molecule has 0 bridgehead atoms. The molecule has 0 aliphatic heterocycles. The van der Waals surface area contributed by atoms with Crippen molar-refractivity contribution >= 4 is 0 Å². The Morgan fingerprint density at radius 2 is 1.29 bits per heavy atom. The van der Waals surface area contributed by atoms with Crippen LogP contribution in [0.2, 0.25) is 0 Å². The highest BCUT2D eigenvalue weighted by Gasteiger charge is 2.60. The van der Waals surface area contributed by atoms with E-state index >= 15 is 0 Å². The monoisotopic (exact) mass is 305 g/mol. The molecule has 1 unspecified atom stereocenters. The van der Waals surface area contributed by atoms with Crippen LogP contribution in [-0.2, 0) is 5.60 Å². The smallest absolute Gasteiger partial charge is 0.371 e. The summed E-state index contributed by atoms with van der Waals surface area (Å²) < 4.78 is 40.0. The van der Waals surface area contributed by atoms with Gasteiger partial charge in [-0.3, -0.25) is 10.1 Å². The molecule has 21 heavy (non-hydrogen) atoms. The van der Waals surface area contributed by atoms with Crippen molar-refractivity contribution in [2.45, 2.75) is 46.4 Å². The largest absolute Gasteiger partial charge is 0.428 e. The molecular formula is C14H18F3NO3. The Bertz CT molecular complexity index is 567. The van der Waals surface area contributed by atoms with Crippen molar-refractivity contribution in [3.63, 3.8) is 0 Å². The lowest BCUT2D eigenvalue weighted by atomic mass is 9.80. The molecule has 1 aromatic rings. The number of nitrogens with zero attached hydrogens (tertiary/aromatic N) is 1. The highest BCUT2D eigenvalue weighted by Crippen LogP contribution is 2.44. The van der Waals surface area contributed by atoms with Gasteiger partial charge in [-0.05, 0) is 62.4 Å². The molecular weight excluding hydrogens is 287 g/mol. The standard InChI is InChI=1S/C14H18F3NO3/c1-7-8(2)10(4)12(11(5)9(7)3)13(19,6-18(20)21)14(15,16)17/h19H,6H2,1-5H3. The van der Waals surface area contributed by atoms with Gasteiger partial charge >= 0.3 is 6.18 Å². The van der Waals surface area contributed by atoms with E-state index in [2.05, 4.69) is 0 Å². The van der Waals surface area contributed by atoms with Crippen molar-refractivity contribution in [2.24, 2.45) is 0 Å². The van der Waals surface area contributed by atoms with Crippen LogP contribution >= 0.6 is 0 Å². The van der Waals surface area contributed by atoms with Crippen LogP contribution < -0.4 is 0 Å². The predicted octanol–water partition coefficient (Wildman–Crippen LogP) is 3.26. The third kappa shape index (κ3) is 2.74. The molecule has 0 radical (unpaired) electrons. The molecule has 0 fully saturated rings. The maximum atomic E-state index is 13.3. The van der Waals surface area contributed by atoms with Gasteiger partial charge in [0.15, 0.2) is 0 Å². The first-order valence-electron chi connectivity index (χ1n) is 6.33. The van der Waals surface area contributed by atoms with Crippen LogP contribution in [0.3, 0.4) is 0 Å². The molecule has 4 nitrogen and oxygen atoms in total. The van der Waals surface area contributed by atoms with Gasteiger partial charge in [0.05, 0.1) is 0 Å². The molecule has 0 aliphatic carbocycles. The molecule has 1 atom stereocenters. The number of aliphatic hydroxyl groups is 1. The number of rotatable bonds is 3. The van der Waals surface area contributed by atoms with E-state index in [1.807, 2.05) is 0 Å². The first kappa shape index (κ1) is 17.4. The van der Waals surface area contributed by atoms with E-state index in [-0.39, 0.29) is 11.1 Å². The number of hydrogen-bond acceptors (Lipinski definition) is 3. The van der Waals surface area contributed by atoms with Gasteiger partial charge in [-0.1, -0.05) is 0 Å². The summed E-state index contributed by atoms with van der Waals surface area (Å²) in [6, 6.07) is 0. The Hall–Kier alpha value is -1.63. The predicted molar refractivity (Wildman–Crippen MR) is 71.9 cm³/mol. The summed E-state index contributed by atoms with van der Waals surface area (Å²) >= 11 is 0. The summed E-state index contributed by atoms with van der Waals surface area (Å²) in [6.07, 6.45) is -5.14. The zero-order chi connectivity index (χ0) is 16.7. The normalized spacial score (nSPS) is 14.9. The van der Waals surface area contributed by atoms with Crippen molar-refractivity contribution in [1.29, 1.82) is 0 Å². The molecule has 0 amide bonds. The Morgan fingerprint density at radius 3 is 1.57 bits per heavy atom. The van der Waals surface area contributed by atoms with Gasteiger partial charge in [0.2, 0.25) is 6.54 Å². The first-order chi connectivity index (χ1) is 9.34. The van der Waals surface area contributed by atoms with Gasteiger partial charge < -0.3 is 5.11 Å². The van der Waals surface area contributed by atoms with E-state index in [4.69, 9.17) is 0 Å². The second-order valence-electron chi connectivity index (χ2n) is 5.35. The van der Waals surface area contributed by atoms with E-state index in [0.29, 0.717) is 11.1 Å². The number of nitro groups is 1. The van der Waals surface area contributed by atoms with Gasteiger partial charge in [-0.25, -0.2) is 0 Å². The van der Waals surface area contributed by atoms with Crippen LogP contribution in [0.25, 0.3) is 0 Å². The number of alkyl halides is 3. The van der Waals surface area contributed by atoms with Crippen molar-refractivity contribution in [1.82, 2.24) is 0 Å². The summed E-state index contributed by atoms with van der Waals surface area (Å²) in [6.45, 7) is 6.34. The molecule has 0 aromatic heterocycles. The van der Waals surface area contributed by atoms with E-state index in [0.717, 1.165) is 5.56 Å². The van der Waals surface area contributed by atoms with Crippen LogP contribution in [0.5, 0.6) is 0 Å². The average molecular weight is 305 g/mol. The summed E-state index contributed by atoms with van der Waals surface area (Å²) in [5, 5.41) is 20.8. The van der Waals surface area contributed by atoms with Crippen molar-refractivity contribution in [3.05, 3.63) is 43.5 Å². The molecule has 0 heterocycles. The molecule has 1 rings (SSSR count). The lowest BCUT2D eigenvalue weighted by molar-refractivity contribution is -0.519. The highest BCUT2D eigenvalue weighted by atomic mass is 19.4. The Morgan fingerprint density at radius 1 is 0.952 bits per heavy atom. The van der Waals surface area contributed by atoms with Gasteiger partial charge in [-0.15, -0.1) is 0 Å². The number of benzene rings is 1. The van der Waals surface area contributed by atoms with Gasteiger partial charge in [0.25, 0.3) is 5.60 Å². The fraction of sp³-hybridized carbons (Fsp3) is 0.571. The van der Waals surface area contributed by atoms with Crippen LogP contribution in [-0.4, -0.2) is 22.8 Å². The van der Waals surface area contributed by atoms with Crippen LogP contribution in [0.15, 0.2) is 0 Å².